The van der Waals surface area contributed by atoms with Crippen LogP contribution in [0.15, 0.2) is 18.2 Å². The second-order valence-corrected chi connectivity index (χ2v) is 5.12. The van der Waals surface area contributed by atoms with Crippen LogP contribution in [0.25, 0.3) is 0 Å². The van der Waals surface area contributed by atoms with Crippen LogP contribution in [0, 0.1) is 5.92 Å². The topological polar surface area (TPSA) is 66.4 Å². The molecule has 2 N–H and O–H groups in total. The van der Waals surface area contributed by atoms with E-state index < -0.39 is 17.9 Å². The SMILES string of the molecule is CCC(C)C(NC(=O)c1ccc(Cl)c(Cl)c1)C(=O)O. The molecule has 1 aromatic carbocycles. The summed E-state index contributed by atoms with van der Waals surface area (Å²) in [6.45, 7) is 3.64. The summed E-state index contributed by atoms with van der Waals surface area (Å²) in [7, 11) is 0. The van der Waals surface area contributed by atoms with E-state index in [4.69, 9.17) is 28.3 Å². The van der Waals surface area contributed by atoms with Crippen LogP contribution in [0.3, 0.4) is 0 Å². The highest BCUT2D eigenvalue weighted by atomic mass is 35.5. The molecule has 0 aliphatic heterocycles. The minimum atomic E-state index is -1.05. The minimum absolute atomic E-state index is 0.163. The molecule has 0 aromatic heterocycles. The second-order valence-electron chi connectivity index (χ2n) is 4.30. The third-order valence-electron chi connectivity index (χ3n) is 2.95. The predicted octanol–water partition coefficient (Wildman–Crippen LogP) is 3.22. The Morgan fingerprint density at radius 2 is 1.95 bits per heavy atom. The van der Waals surface area contributed by atoms with Gasteiger partial charge in [0.25, 0.3) is 5.91 Å². The first-order valence-electron chi connectivity index (χ1n) is 5.85. The van der Waals surface area contributed by atoms with Gasteiger partial charge in [0.05, 0.1) is 10.0 Å². The van der Waals surface area contributed by atoms with E-state index >= 15 is 0 Å². The van der Waals surface area contributed by atoms with Gasteiger partial charge in [0.2, 0.25) is 0 Å². The largest absolute Gasteiger partial charge is 0.480 e. The van der Waals surface area contributed by atoms with Crippen molar-refractivity contribution in [1.29, 1.82) is 0 Å². The van der Waals surface area contributed by atoms with Gasteiger partial charge in [-0.2, -0.15) is 0 Å². The maximum atomic E-state index is 12.0. The molecule has 4 nitrogen and oxygen atoms in total. The Kier molecular flexibility index (Phi) is 5.63. The summed E-state index contributed by atoms with van der Waals surface area (Å²) in [4.78, 5) is 23.1. The van der Waals surface area contributed by atoms with Gasteiger partial charge in [-0.05, 0) is 24.1 Å². The van der Waals surface area contributed by atoms with Crippen LogP contribution in [0.1, 0.15) is 30.6 Å². The van der Waals surface area contributed by atoms with Gasteiger partial charge in [0, 0.05) is 5.56 Å². The Hall–Kier alpha value is -1.26. The Labute approximate surface area is 121 Å². The van der Waals surface area contributed by atoms with Gasteiger partial charge in [-0.15, -0.1) is 0 Å². The highest BCUT2D eigenvalue weighted by Crippen LogP contribution is 2.22. The highest BCUT2D eigenvalue weighted by molar-refractivity contribution is 6.42. The van der Waals surface area contributed by atoms with E-state index in [9.17, 15) is 9.59 Å². The van der Waals surface area contributed by atoms with Gasteiger partial charge < -0.3 is 10.4 Å². The quantitative estimate of drug-likeness (QED) is 0.877. The van der Waals surface area contributed by atoms with Crippen molar-refractivity contribution >= 4 is 35.1 Å². The van der Waals surface area contributed by atoms with Crippen LogP contribution in [0.5, 0.6) is 0 Å². The van der Waals surface area contributed by atoms with Crippen molar-refractivity contribution < 1.29 is 14.7 Å². The number of hydrogen-bond acceptors (Lipinski definition) is 2. The number of benzene rings is 1. The fraction of sp³-hybridized carbons (Fsp3) is 0.385. The van der Waals surface area contributed by atoms with E-state index in [0.717, 1.165) is 0 Å². The van der Waals surface area contributed by atoms with Gasteiger partial charge in [-0.1, -0.05) is 43.5 Å². The lowest BCUT2D eigenvalue weighted by molar-refractivity contribution is -0.140. The summed E-state index contributed by atoms with van der Waals surface area (Å²) in [5.74, 6) is -1.70. The molecule has 0 fully saturated rings. The first kappa shape index (κ1) is 15.8. The molecule has 0 aliphatic rings. The van der Waals surface area contributed by atoms with Gasteiger partial charge in [0.15, 0.2) is 0 Å². The van der Waals surface area contributed by atoms with Crippen molar-refractivity contribution in [3.63, 3.8) is 0 Å². The lowest BCUT2D eigenvalue weighted by atomic mass is 9.99. The Morgan fingerprint density at radius 3 is 2.42 bits per heavy atom. The maximum absolute atomic E-state index is 12.0. The lowest BCUT2D eigenvalue weighted by Gasteiger charge is -2.20. The summed E-state index contributed by atoms with van der Waals surface area (Å²) in [5.41, 5.74) is 0.281. The molecule has 19 heavy (non-hydrogen) atoms. The third-order valence-corrected chi connectivity index (χ3v) is 3.69. The molecule has 2 atom stereocenters. The number of carboxylic acids is 1. The van der Waals surface area contributed by atoms with Crippen molar-refractivity contribution in [3.05, 3.63) is 33.8 Å². The van der Waals surface area contributed by atoms with E-state index in [1.165, 1.54) is 18.2 Å². The van der Waals surface area contributed by atoms with Crippen LogP contribution in [0.4, 0.5) is 0 Å². The number of nitrogens with one attached hydrogen (secondary N) is 1. The van der Waals surface area contributed by atoms with Crippen LogP contribution in [-0.2, 0) is 4.79 Å². The molecular weight excluding hydrogens is 289 g/mol. The first-order chi connectivity index (χ1) is 8.86. The van der Waals surface area contributed by atoms with Gasteiger partial charge in [0.1, 0.15) is 6.04 Å². The Morgan fingerprint density at radius 1 is 1.32 bits per heavy atom. The summed E-state index contributed by atoms with van der Waals surface area (Å²) in [6.07, 6.45) is 0.651. The number of carbonyl (C=O) groups excluding carboxylic acids is 1. The monoisotopic (exact) mass is 303 g/mol. The highest BCUT2D eigenvalue weighted by Gasteiger charge is 2.25. The van der Waals surface area contributed by atoms with Crippen molar-refractivity contribution in [2.75, 3.05) is 0 Å². The molecule has 0 bridgehead atoms. The molecule has 1 rings (SSSR count). The first-order valence-corrected chi connectivity index (χ1v) is 6.61. The molecule has 0 heterocycles. The number of carbonyl (C=O) groups is 2. The number of halogens is 2. The van der Waals surface area contributed by atoms with Crippen molar-refractivity contribution in [3.8, 4) is 0 Å². The predicted molar refractivity (Wildman–Crippen MR) is 74.8 cm³/mol. The third kappa shape index (κ3) is 4.11. The smallest absolute Gasteiger partial charge is 0.326 e. The zero-order valence-electron chi connectivity index (χ0n) is 10.6. The normalized spacial score (nSPS) is 13.7. The zero-order valence-corrected chi connectivity index (χ0v) is 12.1. The molecule has 0 aliphatic carbocycles. The second kappa shape index (κ2) is 6.78. The standard InChI is InChI=1S/C13H15Cl2NO3/c1-3-7(2)11(13(18)19)16-12(17)8-4-5-9(14)10(15)6-8/h4-7,11H,3H2,1-2H3,(H,16,17)(H,18,19). The molecule has 0 saturated heterocycles. The van der Waals surface area contributed by atoms with E-state index in [0.29, 0.717) is 11.4 Å². The Balaban J connectivity index is 2.87. The molecule has 104 valence electrons. The van der Waals surface area contributed by atoms with Gasteiger partial charge in [-0.3, -0.25) is 4.79 Å². The van der Waals surface area contributed by atoms with E-state index in [-0.39, 0.29) is 16.5 Å². The van der Waals surface area contributed by atoms with E-state index in [2.05, 4.69) is 5.32 Å². The maximum Gasteiger partial charge on any atom is 0.326 e. The van der Waals surface area contributed by atoms with Crippen molar-refractivity contribution in [2.45, 2.75) is 26.3 Å². The molecule has 1 aromatic rings. The molecule has 0 saturated carbocycles. The molecule has 0 spiro atoms. The van der Waals surface area contributed by atoms with E-state index in [1.54, 1.807) is 6.92 Å². The fourth-order valence-corrected chi connectivity index (χ4v) is 1.84. The average Bonchev–Trinajstić information content (AvgIpc) is 2.37. The summed E-state index contributed by atoms with van der Waals surface area (Å²) in [6, 6.07) is 3.48. The van der Waals surface area contributed by atoms with Crippen LogP contribution in [-0.4, -0.2) is 23.0 Å². The summed E-state index contributed by atoms with van der Waals surface area (Å²) < 4.78 is 0. The van der Waals surface area contributed by atoms with Crippen molar-refractivity contribution in [1.82, 2.24) is 5.32 Å². The zero-order chi connectivity index (χ0) is 14.6. The lowest BCUT2D eigenvalue weighted by Crippen LogP contribution is -2.45. The average molecular weight is 304 g/mol. The minimum Gasteiger partial charge on any atom is -0.480 e. The number of aliphatic carboxylic acids is 1. The van der Waals surface area contributed by atoms with Crippen LogP contribution < -0.4 is 5.32 Å². The summed E-state index contributed by atoms with van der Waals surface area (Å²) in [5, 5.41) is 12.2. The summed E-state index contributed by atoms with van der Waals surface area (Å²) >= 11 is 11.6. The number of carboxylic acid groups (broad SMARTS) is 1. The number of hydrogen-bond donors (Lipinski definition) is 2. The van der Waals surface area contributed by atoms with Gasteiger partial charge >= 0.3 is 5.97 Å². The fourth-order valence-electron chi connectivity index (χ4n) is 1.55. The molecule has 1 amide bonds. The van der Waals surface area contributed by atoms with Crippen LogP contribution in [0.2, 0.25) is 10.0 Å². The number of rotatable bonds is 5. The van der Waals surface area contributed by atoms with E-state index in [1.807, 2.05) is 6.92 Å². The van der Waals surface area contributed by atoms with Gasteiger partial charge in [-0.25, -0.2) is 4.79 Å². The van der Waals surface area contributed by atoms with Crippen LogP contribution >= 0.6 is 23.2 Å². The molecule has 2 unspecified atom stereocenters. The molecule has 0 radical (unpaired) electrons. The number of amides is 1. The van der Waals surface area contributed by atoms with Crippen molar-refractivity contribution in [2.24, 2.45) is 5.92 Å². The Bertz CT molecular complexity index is 491. The molecular formula is C13H15Cl2NO3. The molecule has 6 heteroatoms.